The third kappa shape index (κ3) is 4.28. The van der Waals surface area contributed by atoms with Gasteiger partial charge in [0.1, 0.15) is 5.01 Å². The molecule has 0 radical (unpaired) electrons. The van der Waals surface area contributed by atoms with Gasteiger partial charge >= 0.3 is 0 Å². The number of thioether (sulfide) groups is 1. The first-order valence-electron chi connectivity index (χ1n) is 6.84. The van der Waals surface area contributed by atoms with Crippen molar-refractivity contribution in [3.63, 3.8) is 0 Å². The van der Waals surface area contributed by atoms with Gasteiger partial charge in [0.05, 0.1) is 5.25 Å². The second-order valence-electron chi connectivity index (χ2n) is 4.91. The Hall–Kier alpha value is -1.40. The summed E-state index contributed by atoms with van der Waals surface area (Å²) >= 11 is 3.00. The highest BCUT2D eigenvalue weighted by atomic mass is 32.2. The normalized spacial score (nSPS) is 12.2. The van der Waals surface area contributed by atoms with Crippen molar-refractivity contribution in [3.05, 3.63) is 34.3 Å². The fraction of sp³-hybridized carbons (Fsp3) is 0.400. The molecule has 0 spiro atoms. The fourth-order valence-electron chi connectivity index (χ4n) is 1.85. The van der Waals surface area contributed by atoms with Gasteiger partial charge in [-0.2, -0.15) is 0 Å². The number of carbonyl (C=O) groups is 1. The van der Waals surface area contributed by atoms with Crippen LogP contribution >= 0.6 is 23.1 Å². The van der Waals surface area contributed by atoms with E-state index in [0.717, 1.165) is 32.6 Å². The second-order valence-corrected chi connectivity index (χ2v) is 7.54. The monoisotopic (exact) mass is 321 g/mol. The van der Waals surface area contributed by atoms with Crippen molar-refractivity contribution >= 4 is 34.7 Å². The van der Waals surface area contributed by atoms with E-state index >= 15 is 0 Å². The number of nitrogens with one attached hydrogen (secondary N) is 1. The van der Waals surface area contributed by atoms with E-state index in [1.54, 1.807) is 0 Å². The van der Waals surface area contributed by atoms with Crippen LogP contribution in [0.1, 0.15) is 29.5 Å². The quantitative estimate of drug-likeness (QED) is 0.847. The van der Waals surface area contributed by atoms with E-state index in [1.807, 2.05) is 45.9 Å². The number of amides is 1. The first-order chi connectivity index (χ1) is 9.99. The maximum absolute atomic E-state index is 12.4. The zero-order valence-electron chi connectivity index (χ0n) is 12.6. The fourth-order valence-corrected chi connectivity index (χ4v) is 3.84. The summed E-state index contributed by atoms with van der Waals surface area (Å²) in [6.45, 7) is 7.94. The van der Waals surface area contributed by atoms with Crippen molar-refractivity contribution in [3.8, 4) is 0 Å². The molecule has 0 bridgehead atoms. The van der Waals surface area contributed by atoms with E-state index in [1.165, 1.54) is 23.1 Å². The molecule has 0 aliphatic rings. The molecule has 1 unspecified atom stereocenters. The molecule has 1 aromatic heterocycles. The van der Waals surface area contributed by atoms with Crippen LogP contribution < -0.4 is 5.32 Å². The van der Waals surface area contributed by atoms with E-state index in [9.17, 15) is 4.79 Å². The van der Waals surface area contributed by atoms with Crippen LogP contribution in [0, 0.1) is 20.8 Å². The molecule has 112 valence electrons. The van der Waals surface area contributed by atoms with Gasteiger partial charge in [-0.05, 0) is 44.4 Å². The molecule has 1 heterocycles. The van der Waals surface area contributed by atoms with Crippen molar-refractivity contribution in [1.29, 1.82) is 0 Å². The molecular formula is C15H19N3OS2. The first-order valence-corrected chi connectivity index (χ1v) is 8.54. The standard InChI is InChI=1S/C15H19N3OS2/c1-5-13(21-15-18-17-11(4)20-15)14(19)16-12-8-9(2)6-7-10(12)3/h6-8,13H,5H2,1-4H3,(H,16,19). The zero-order valence-corrected chi connectivity index (χ0v) is 14.3. The van der Waals surface area contributed by atoms with Crippen LogP contribution in [0.3, 0.4) is 0 Å². The Labute approximate surface area is 133 Å². The van der Waals surface area contributed by atoms with Crippen molar-refractivity contribution in [2.45, 2.75) is 43.7 Å². The second kappa shape index (κ2) is 7.04. The van der Waals surface area contributed by atoms with Crippen LogP contribution in [0.15, 0.2) is 22.5 Å². The van der Waals surface area contributed by atoms with Crippen LogP contribution in [-0.2, 0) is 4.79 Å². The minimum atomic E-state index is -0.155. The lowest BCUT2D eigenvalue weighted by molar-refractivity contribution is -0.115. The van der Waals surface area contributed by atoms with Gasteiger partial charge in [-0.25, -0.2) is 0 Å². The molecule has 1 aromatic carbocycles. The molecule has 4 nitrogen and oxygen atoms in total. The molecule has 21 heavy (non-hydrogen) atoms. The Morgan fingerprint density at radius 1 is 1.33 bits per heavy atom. The number of carbonyl (C=O) groups excluding carboxylic acids is 1. The Morgan fingerprint density at radius 2 is 2.10 bits per heavy atom. The number of nitrogens with zero attached hydrogens (tertiary/aromatic N) is 2. The summed E-state index contributed by atoms with van der Waals surface area (Å²) in [6, 6.07) is 6.06. The van der Waals surface area contributed by atoms with Crippen molar-refractivity contribution in [2.75, 3.05) is 5.32 Å². The summed E-state index contributed by atoms with van der Waals surface area (Å²) in [5.74, 6) is 0.0176. The summed E-state index contributed by atoms with van der Waals surface area (Å²) in [4.78, 5) is 12.4. The number of hydrogen-bond donors (Lipinski definition) is 1. The van der Waals surface area contributed by atoms with Gasteiger partial charge in [0.25, 0.3) is 0 Å². The van der Waals surface area contributed by atoms with Crippen LogP contribution in [0.25, 0.3) is 0 Å². The molecule has 0 aliphatic carbocycles. The zero-order chi connectivity index (χ0) is 15.4. The lowest BCUT2D eigenvalue weighted by Gasteiger charge is -2.15. The molecule has 0 saturated heterocycles. The number of aromatic nitrogens is 2. The number of rotatable bonds is 5. The van der Waals surface area contributed by atoms with E-state index in [0.29, 0.717) is 0 Å². The van der Waals surface area contributed by atoms with Gasteiger partial charge in [-0.3, -0.25) is 4.79 Å². The SMILES string of the molecule is CCC(Sc1nnc(C)s1)C(=O)Nc1cc(C)ccc1C. The van der Waals surface area contributed by atoms with E-state index < -0.39 is 0 Å². The molecule has 0 fully saturated rings. The molecule has 6 heteroatoms. The molecule has 2 rings (SSSR count). The smallest absolute Gasteiger partial charge is 0.237 e. The minimum absolute atomic E-state index is 0.0176. The highest BCUT2D eigenvalue weighted by molar-refractivity contribution is 8.02. The Balaban J connectivity index is 2.07. The van der Waals surface area contributed by atoms with Crippen molar-refractivity contribution in [2.24, 2.45) is 0 Å². The Bertz CT molecular complexity index is 640. The van der Waals surface area contributed by atoms with Gasteiger partial charge in [0, 0.05) is 5.69 Å². The number of anilines is 1. The van der Waals surface area contributed by atoms with Crippen molar-refractivity contribution in [1.82, 2.24) is 10.2 Å². The molecular weight excluding hydrogens is 302 g/mol. The van der Waals surface area contributed by atoms with Gasteiger partial charge in [-0.1, -0.05) is 42.2 Å². The largest absolute Gasteiger partial charge is 0.325 e. The molecule has 1 amide bonds. The van der Waals surface area contributed by atoms with E-state index in [4.69, 9.17) is 0 Å². The Morgan fingerprint density at radius 3 is 2.71 bits per heavy atom. The average molecular weight is 321 g/mol. The van der Waals surface area contributed by atoms with Crippen LogP contribution in [-0.4, -0.2) is 21.4 Å². The third-order valence-electron chi connectivity index (χ3n) is 3.06. The number of aryl methyl sites for hydroxylation is 3. The molecule has 1 N–H and O–H groups in total. The van der Waals surface area contributed by atoms with Crippen molar-refractivity contribution < 1.29 is 4.79 Å². The van der Waals surface area contributed by atoms with Crippen LogP contribution in [0.2, 0.25) is 0 Å². The maximum atomic E-state index is 12.4. The molecule has 2 aromatic rings. The lowest BCUT2D eigenvalue weighted by atomic mass is 10.1. The summed E-state index contributed by atoms with van der Waals surface area (Å²) < 4.78 is 0.843. The van der Waals surface area contributed by atoms with Gasteiger partial charge in [-0.15, -0.1) is 10.2 Å². The number of benzene rings is 1. The third-order valence-corrected chi connectivity index (χ3v) is 5.35. The van der Waals surface area contributed by atoms with Gasteiger partial charge < -0.3 is 5.32 Å². The summed E-state index contributed by atoms with van der Waals surface area (Å²) in [5, 5.41) is 11.9. The molecule has 0 aliphatic heterocycles. The highest BCUT2D eigenvalue weighted by Crippen LogP contribution is 2.29. The average Bonchev–Trinajstić information content (AvgIpc) is 2.85. The highest BCUT2D eigenvalue weighted by Gasteiger charge is 2.20. The van der Waals surface area contributed by atoms with Gasteiger partial charge in [0.2, 0.25) is 5.91 Å². The summed E-state index contributed by atoms with van der Waals surface area (Å²) in [7, 11) is 0. The van der Waals surface area contributed by atoms with Gasteiger partial charge in [0.15, 0.2) is 4.34 Å². The summed E-state index contributed by atoms with van der Waals surface area (Å²) in [5.41, 5.74) is 3.09. The van der Waals surface area contributed by atoms with Crippen LogP contribution in [0.5, 0.6) is 0 Å². The Kier molecular flexibility index (Phi) is 5.36. The maximum Gasteiger partial charge on any atom is 0.237 e. The predicted octanol–water partition coefficient (Wildman–Crippen LogP) is 3.97. The molecule has 0 saturated carbocycles. The lowest BCUT2D eigenvalue weighted by Crippen LogP contribution is -2.25. The predicted molar refractivity (Wildman–Crippen MR) is 89.1 cm³/mol. The minimum Gasteiger partial charge on any atom is -0.325 e. The first kappa shape index (κ1) is 16.0. The summed E-state index contributed by atoms with van der Waals surface area (Å²) in [6.07, 6.45) is 0.750. The topological polar surface area (TPSA) is 54.9 Å². The number of hydrogen-bond acceptors (Lipinski definition) is 5. The van der Waals surface area contributed by atoms with Crippen LogP contribution in [0.4, 0.5) is 5.69 Å². The molecule has 1 atom stereocenters. The van der Waals surface area contributed by atoms with E-state index in [-0.39, 0.29) is 11.2 Å². The van der Waals surface area contributed by atoms with E-state index in [2.05, 4.69) is 15.5 Å².